The number of nitrogens with one attached hydrogen (secondary N) is 1. The van der Waals surface area contributed by atoms with Crippen molar-refractivity contribution in [3.63, 3.8) is 0 Å². The Morgan fingerprint density at radius 3 is 1.97 bits per heavy atom. The summed E-state index contributed by atoms with van der Waals surface area (Å²) in [4.78, 5) is 29.1. The first-order valence-electron chi connectivity index (χ1n) is 10.5. The number of rotatable bonds is 8. The maximum atomic E-state index is 13.5. The number of aromatic hydroxyl groups is 1. The Hall–Kier alpha value is -4.01. The van der Waals surface area contributed by atoms with E-state index < -0.39 is 47.3 Å². The Kier molecular flexibility index (Phi) is 7.78. The number of carbonyl (C=O) groups excluding carboxylic acids is 2. The molecule has 178 valence electrons. The summed E-state index contributed by atoms with van der Waals surface area (Å²) in [5.41, 5.74) is 1.02. The molecule has 7 nitrogen and oxygen atoms in total. The van der Waals surface area contributed by atoms with Crippen molar-refractivity contribution in [1.29, 1.82) is 0 Å². The van der Waals surface area contributed by atoms with Gasteiger partial charge >= 0.3 is 5.97 Å². The first-order valence-corrected chi connectivity index (χ1v) is 10.5. The summed E-state index contributed by atoms with van der Waals surface area (Å²) in [6.45, 7) is 3.08. The quantitative estimate of drug-likeness (QED) is 0.484. The van der Waals surface area contributed by atoms with Crippen molar-refractivity contribution in [3.05, 3.63) is 89.2 Å². The molecule has 2 aromatic carbocycles. The zero-order valence-electron chi connectivity index (χ0n) is 18.8. The van der Waals surface area contributed by atoms with Gasteiger partial charge in [-0.2, -0.15) is 0 Å². The molecule has 3 rings (SSSR count). The van der Waals surface area contributed by atoms with Gasteiger partial charge in [-0.3, -0.25) is 4.79 Å². The van der Waals surface area contributed by atoms with E-state index in [1.54, 1.807) is 31.2 Å². The molecule has 0 aliphatic rings. The standard InChI is InChI=1S/C25H24F2N2O5/c1-14(29-24(31)22-23(30)20(33-3)12-13-28-22)25(32)34-15(2)21(16-4-8-18(26)9-5-16)17-6-10-19(27)11-7-17/h4-15,21,30H,1-3H3,(H,29,31)/t14?,15-/m0/s1. The lowest BCUT2D eigenvalue weighted by Gasteiger charge is -2.26. The van der Waals surface area contributed by atoms with Crippen LogP contribution in [0, 0.1) is 11.6 Å². The molecule has 0 spiro atoms. The third-order valence-electron chi connectivity index (χ3n) is 5.25. The predicted octanol–water partition coefficient (Wildman–Crippen LogP) is 3.96. The average molecular weight is 470 g/mol. The van der Waals surface area contributed by atoms with E-state index in [2.05, 4.69) is 10.3 Å². The molecule has 3 aromatic rings. The predicted molar refractivity (Wildman–Crippen MR) is 120 cm³/mol. The fourth-order valence-electron chi connectivity index (χ4n) is 3.52. The third-order valence-corrected chi connectivity index (χ3v) is 5.25. The highest BCUT2D eigenvalue weighted by Gasteiger charge is 2.28. The summed E-state index contributed by atoms with van der Waals surface area (Å²) in [6, 6.07) is 11.7. The van der Waals surface area contributed by atoms with Gasteiger partial charge in [-0.15, -0.1) is 0 Å². The number of amides is 1. The van der Waals surface area contributed by atoms with Crippen molar-refractivity contribution in [2.75, 3.05) is 7.11 Å². The molecular formula is C25H24F2N2O5. The van der Waals surface area contributed by atoms with Gasteiger partial charge in [0.1, 0.15) is 23.8 Å². The van der Waals surface area contributed by atoms with Gasteiger partial charge in [-0.25, -0.2) is 18.6 Å². The molecule has 9 heteroatoms. The largest absolute Gasteiger partial charge is 0.503 e. The van der Waals surface area contributed by atoms with Crippen molar-refractivity contribution in [2.24, 2.45) is 0 Å². The molecule has 0 bridgehead atoms. The van der Waals surface area contributed by atoms with Crippen molar-refractivity contribution in [3.8, 4) is 11.5 Å². The molecule has 1 heterocycles. The van der Waals surface area contributed by atoms with Crippen molar-refractivity contribution in [1.82, 2.24) is 10.3 Å². The lowest BCUT2D eigenvalue weighted by molar-refractivity contribution is -0.150. The zero-order valence-corrected chi connectivity index (χ0v) is 18.8. The highest BCUT2D eigenvalue weighted by molar-refractivity contribution is 5.97. The number of benzene rings is 2. The molecule has 0 aliphatic carbocycles. The Morgan fingerprint density at radius 2 is 1.47 bits per heavy atom. The normalized spacial score (nSPS) is 12.6. The number of carbonyl (C=O) groups is 2. The summed E-state index contributed by atoms with van der Waals surface area (Å²) in [5, 5.41) is 12.5. The molecule has 34 heavy (non-hydrogen) atoms. The summed E-state index contributed by atoms with van der Waals surface area (Å²) in [5.74, 6) is -3.28. The molecular weight excluding hydrogens is 446 g/mol. The van der Waals surface area contributed by atoms with Crippen LogP contribution < -0.4 is 10.1 Å². The van der Waals surface area contributed by atoms with Crippen molar-refractivity contribution >= 4 is 11.9 Å². The minimum Gasteiger partial charge on any atom is -0.503 e. The summed E-state index contributed by atoms with van der Waals surface area (Å²) in [7, 11) is 1.33. The number of aromatic nitrogens is 1. The number of hydrogen-bond donors (Lipinski definition) is 2. The highest BCUT2D eigenvalue weighted by atomic mass is 19.1. The van der Waals surface area contributed by atoms with Crippen LogP contribution in [0.4, 0.5) is 8.78 Å². The lowest BCUT2D eigenvalue weighted by Crippen LogP contribution is -2.41. The minimum absolute atomic E-state index is 0.0606. The maximum absolute atomic E-state index is 13.5. The molecule has 1 amide bonds. The minimum atomic E-state index is -1.08. The number of methoxy groups -OCH3 is 1. The van der Waals surface area contributed by atoms with Gasteiger partial charge in [0.2, 0.25) is 0 Å². The highest BCUT2D eigenvalue weighted by Crippen LogP contribution is 2.31. The Morgan fingerprint density at radius 1 is 0.941 bits per heavy atom. The molecule has 1 unspecified atom stereocenters. The first-order chi connectivity index (χ1) is 16.2. The first kappa shape index (κ1) is 24.6. The van der Waals surface area contributed by atoms with Gasteiger partial charge in [-0.05, 0) is 49.2 Å². The molecule has 0 radical (unpaired) electrons. The SMILES string of the molecule is COc1ccnc(C(=O)NC(C)C(=O)O[C@@H](C)C(c2ccc(F)cc2)c2ccc(F)cc2)c1O. The summed E-state index contributed by atoms with van der Waals surface area (Å²) in [6.07, 6.45) is 0.542. The second-order valence-corrected chi connectivity index (χ2v) is 7.63. The van der Waals surface area contributed by atoms with Crippen LogP contribution in [0.15, 0.2) is 60.8 Å². The number of pyridine rings is 1. The maximum Gasteiger partial charge on any atom is 0.328 e. The number of ether oxygens (including phenoxy) is 2. The summed E-state index contributed by atoms with van der Waals surface area (Å²) < 4.78 is 37.5. The molecule has 2 N–H and O–H groups in total. The van der Waals surface area contributed by atoms with Gasteiger partial charge < -0.3 is 19.9 Å². The van der Waals surface area contributed by atoms with Gasteiger partial charge in [0.05, 0.1) is 7.11 Å². The van der Waals surface area contributed by atoms with E-state index in [1.807, 2.05) is 0 Å². The third kappa shape index (κ3) is 5.67. The fraction of sp³-hybridized carbons (Fsp3) is 0.240. The van der Waals surface area contributed by atoms with Crippen molar-refractivity contribution in [2.45, 2.75) is 31.9 Å². The van der Waals surface area contributed by atoms with Crippen LogP contribution in [0.2, 0.25) is 0 Å². The second kappa shape index (κ2) is 10.7. The molecule has 0 fully saturated rings. The molecule has 0 aliphatic heterocycles. The van der Waals surface area contributed by atoms with Crippen LogP contribution in [0.5, 0.6) is 11.5 Å². The van der Waals surface area contributed by atoms with Crippen LogP contribution in [-0.2, 0) is 9.53 Å². The van der Waals surface area contributed by atoms with Crippen LogP contribution >= 0.6 is 0 Å². The van der Waals surface area contributed by atoms with Crippen LogP contribution in [-0.4, -0.2) is 41.2 Å². The lowest BCUT2D eigenvalue weighted by atomic mass is 9.87. The topological polar surface area (TPSA) is 97.8 Å². The number of nitrogens with zero attached hydrogens (tertiary/aromatic N) is 1. The van der Waals surface area contributed by atoms with E-state index >= 15 is 0 Å². The van der Waals surface area contributed by atoms with E-state index in [0.717, 1.165) is 0 Å². The fourth-order valence-corrected chi connectivity index (χ4v) is 3.52. The average Bonchev–Trinajstić information content (AvgIpc) is 2.81. The number of esters is 1. The second-order valence-electron chi connectivity index (χ2n) is 7.63. The van der Waals surface area contributed by atoms with Crippen molar-refractivity contribution < 1.29 is 33.0 Å². The van der Waals surface area contributed by atoms with Crippen LogP contribution in [0.1, 0.15) is 41.4 Å². The summed E-state index contributed by atoms with van der Waals surface area (Å²) >= 11 is 0. The van der Waals surface area contributed by atoms with E-state index in [9.17, 15) is 23.5 Å². The number of hydrogen-bond acceptors (Lipinski definition) is 6. The van der Waals surface area contributed by atoms with Gasteiger partial charge in [0, 0.05) is 18.2 Å². The van der Waals surface area contributed by atoms with Crippen LogP contribution in [0.25, 0.3) is 0 Å². The zero-order chi connectivity index (χ0) is 24.8. The molecule has 2 atom stereocenters. The monoisotopic (exact) mass is 470 g/mol. The Bertz CT molecular complexity index is 1110. The van der Waals surface area contributed by atoms with E-state index in [-0.39, 0.29) is 11.4 Å². The van der Waals surface area contributed by atoms with Crippen LogP contribution in [0.3, 0.4) is 0 Å². The van der Waals surface area contributed by atoms with Gasteiger partial charge in [0.15, 0.2) is 17.2 Å². The number of halogens is 2. The molecule has 1 aromatic heterocycles. The molecule has 0 saturated carbocycles. The smallest absolute Gasteiger partial charge is 0.328 e. The Labute approximate surface area is 195 Å². The van der Waals surface area contributed by atoms with E-state index in [4.69, 9.17) is 9.47 Å². The van der Waals surface area contributed by atoms with Gasteiger partial charge in [-0.1, -0.05) is 24.3 Å². The Balaban J connectivity index is 1.76. The van der Waals surface area contributed by atoms with Gasteiger partial charge in [0.25, 0.3) is 5.91 Å². The molecule has 0 saturated heterocycles. The van der Waals surface area contributed by atoms with E-state index in [1.165, 1.54) is 50.6 Å². The van der Waals surface area contributed by atoms with E-state index in [0.29, 0.717) is 11.1 Å².